The van der Waals surface area contributed by atoms with E-state index < -0.39 is 6.36 Å². The number of benzene rings is 4. The van der Waals surface area contributed by atoms with Gasteiger partial charge in [0.15, 0.2) is 0 Å². The van der Waals surface area contributed by atoms with Crippen LogP contribution in [0, 0.1) is 0 Å². The van der Waals surface area contributed by atoms with Crippen molar-refractivity contribution in [1.29, 1.82) is 0 Å². The fraction of sp³-hybridized carbons (Fsp3) is 0.267. The molecule has 0 amide bonds. The summed E-state index contributed by atoms with van der Waals surface area (Å²) in [5, 5.41) is 2.48. The van der Waals surface area contributed by atoms with Gasteiger partial charge in [0.05, 0.1) is 0 Å². The Morgan fingerprint density at radius 3 is 1.76 bits per heavy atom. The summed E-state index contributed by atoms with van der Waals surface area (Å²) in [6, 6.07) is 27.3. The number of alkyl halides is 3. The lowest BCUT2D eigenvalue weighted by Crippen LogP contribution is -2.16. The molecule has 0 N–H and O–H groups in total. The van der Waals surface area contributed by atoms with Gasteiger partial charge in [-0.3, -0.25) is 0 Å². The van der Waals surface area contributed by atoms with E-state index in [1.807, 2.05) is 24.3 Å². The van der Waals surface area contributed by atoms with Gasteiger partial charge in [-0.25, -0.2) is 0 Å². The fourth-order valence-electron chi connectivity index (χ4n) is 4.27. The molecule has 0 atom stereocenters. The Morgan fingerprint density at radius 2 is 1.12 bits per heavy atom. The summed E-state index contributed by atoms with van der Waals surface area (Å²) in [7, 11) is 0. The first-order valence-electron chi connectivity index (χ1n) is 11.9. The van der Waals surface area contributed by atoms with Crippen LogP contribution in [0.15, 0.2) is 84.9 Å². The van der Waals surface area contributed by atoms with E-state index in [2.05, 4.69) is 48.1 Å². The summed E-state index contributed by atoms with van der Waals surface area (Å²) >= 11 is 0. The number of halogens is 3. The highest BCUT2D eigenvalue weighted by Crippen LogP contribution is 2.30. The number of hydrogen-bond donors (Lipinski definition) is 0. The van der Waals surface area contributed by atoms with Gasteiger partial charge < -0.3 is 4.74 Å². The highest BCUT2D eigenvalue weighted by atomic mass is 19.4. The fourth-order valence-corrected chi connectivity index (χ4v) is 4.27. The van der Waals surface area contributed by atoms with Crippen molar-refractivity contribution in [3.8, 4) is 28.0 Å². The van der Waals surface area contributed by atoms with Crippen LogP contribution >= 0.6 is 0 Å². The van der Waals surface area contributed by atoms with E-state index in [9.17, 15) is 13.2 Å². The van der Waals surface area contributed by atoms with Crippen molar-refractivity contribution in [2.75, 3.05) is 0 Å². The normalized spacial score (nSPS) is 11.6. The molecule has 34 heavy (non-hydrogen) atoms. The molecule has 0 aliphatic heterocycles. The Labute approximate surface area is 199 Å². The molecule has 0 aliphatic carbocycles. The molecule has 1 nitrogen and oxygen atoms in total. The van der Waals surface area contributed by atoms with Crippen molar-refractivity contribution in [3.63, 3.8) is 0 Å². The lowest BCUT2D eigenvalue weighted by Gasteiger charge is -2.10. The van der Waals surface area contributed by atoms with E-state index >= 15 is 0 Å². The predicted octanol–water partition coefficient (Wildman–Crippen LogP) is 9.59. The highest BCUT2D eigenvalue weighted by molar-refractivity contribution is 5.88. The number of fused-ring (bicyclic) bond motifs is 1. The van der Waals surface area contributed by atoms with E-state index in [1.165, 1.54) is 60.6 Å². The molecule has 4 aromatic rings. The maximum absolute atomic E-state index is 12.4. The standard InChI is InChI=1S/C30H29F3O/c1-2-3-4-5-6-7-22-8-9-28-21-27(15-14-26(28)20-22)25-12-10-23(11-13-25)24-16-18-29(19-17-24)34-30(31,32)33/h8-21H,2-7H2,1H3. The number of rotatable bonds is 9. The zero-order valence-electron chi connectivity index (χ0n) is 19.4. The van der Waals surface area contributed by atoms with E-state index in [-0.39, 0.29) is 5.75 Å². The Kier molecular flexibility index (Phi) is 7.56. The Bertz CT molecular complexity index is 1210. The van der Waals surface area contributed by atoms with Crippen molar-refractivity contribution in [2.45, 2.75) is 51.8 Å². The SMILES string of the molecule is CCCCCCCc1ccc2cc(-c3ccc(-c4ccc(OC(F)(F)F)cc4)cc3)ccc2c1. The average Bonchev–Trinajstić information content (AvgIpc) is 2.83. The zero-order chi connectivity index (χ0) is 24.0. The van der Waals surface area contributed by atoms with Gasteiger partial charge >= 0.3 is 6.36 Å². The van der Waals surface area contributed by atoms with Crippen LogP contribution < -0.4 is 4.74 Å². The van der Waals surface area contributed by atoms with Gasteiger partial charge in [-0.2, -0.15) is 0 Å². The van der Waals surface area contributed by atoms with Gasteiger partial charge in [0.2, 0.25) is 0 Å². The predicted molar refractivity (Wildman–Crippen MR) is 134 cm³/mol. The quantitative estimate of drug-likeness (QED) is 0.225. The molecule has 0 saturated carbocycles. The molecule has 4 heteroatoms. The van der Waals surface area contributed by atoms with Crippen molar-refractivity contribution in [3.05, 3.63) is 90.5 Å². The maximum atomic E-state index is 12.4. The molecule has 0 aromatic heterocycles. The number of hydrogen-bond acceptors (Lipinski definition) is 1. The molecule has 0 aliphatic rings. The van der Waals surface area contributed by atoms with Gasteiger partial charge in [-0.05, 0) is 69.6 Å². The van der Waals surface area contributed by atoms with Crippen LogP contribution in [-0.4, -0.2) is 6.36 Å². The summed E-state index contributed by atoms with van der Waals surface area (Å²) in [5.41, 5.74) is 5.41. The smallest absolute Gasteiger partial charge is 0.406 e. The summed E-state index contributed by atoms with van der Waals surface area (Å²) < 4.78 is 41.0. The number of aryl methyl sites for hydroxylation is 1. The van der Waals surface area contributed by atoms with Gasteiger partial charge in [0.1, 0.15) is 5.75 Å². The third-order valence-corrected chi connectivity index (χ3v) is 6.11. The Balaban J connectivity index is 1.44. The minimum atomic E-state index is -4.68. The molecular formula is C30H29F3O. The van der Waals surface area contributed by atoms with E-state index in [4.69, 9.17) is 0 Å². The zero-order valence-corrected chi connectivity index (χ0v) is 19.4. The van der Waals surface area contributed by atoms with Crippen molar-refractivity contribution < 1.29 is 17.9 Å². The van der Waals surface area contributed by atoms with Crippen LogP contribution in [-0.2, 0) is 6.42 Å². The van der Waals surface area contributed by atoms with Crippen molar-refractivity contribution in [1.82, 2.24) is 0 Å². The lowest BCUT2D eigenvalue weighted by molar-refractivity contribution is -0.274. The molecule has 4 aromatic carbocycles. The molecule has 176 valence electrons. The third-order valence-electron chi connectivity index (χ3n) is 6.11. The monoisotopic (exact) mass is 462 g/mol. The van der Waals surface area contributed by atoms with Crippen LogP contribution in [0.4, 0.5) is 13.2 Å². The first-order chi connectivity index (χ1) is 16.4. The number of ether oxygens (including phenoxy) is 1. The average molecular weight is 463 g/mol. The first kappa shape index (κ1) is 23.9. The van der Waals surface area contributed by atoms with Gasteiger partial charge in [0, 0.05) is 0 Å². The van der Waals surface area contributed by atoms with Crippen LogP contribution in [0.5, 0.6) is 5.75 Å². The molecule has 0 radical (unpaired) electrons. The van der Waals surface area contributed by atoms with Crippen molar-refractivity contribution >= 4 is 10.8 Å². The Morgan fingerprint density at radius 1 is 0.588 bits per heavy atom. The largest absolute Gasteiger partial charge is 0.573 e. The first-order valence-corrected chi connectivity index (χ1v) is 11.9. The van der Waals surface area contributed by atoms with E-state index in [1.54, 1.807) is 12.1 Å². The van der Waals surface area contributed by atoms with Crippen LogP contribution in [0.3, 0.4) is 0 Å². The second-order valence-corrected chi connectivity index (χ2v) is 8.71. The van der Waals surface area contributed by atoms with E-state index in [0.717, 1.165) is 28.7 Å². The summed E-state index contributed by atoms with van der Waals surface area (Å²) in [4.78, 5) is 0. The minimum absolute atomic E-state index is 0.219. The van der Waals surface area contributed by atoms with Gasteiger partial charge in [-0.15, -0.1) is 13.2 Å². The van der Waals surface area contributed by atoms with Crippen molar-refractivity contribution in [2.24, 2.45) is 0 Å². The van der Waals surface area contributed by atoms with Crippen LogP contribution in [0.2, 0.25) is 0 Å². The van der Waals surface area contributed by atoms with Crippen LogP contribution in [0.1, 0.15) is 44.6 Å². The molecule has 0 heterocycles. The third kappa shape index (κ3) is 6.40. The summed E-state index contributed by atoms with van der Waals surface area (Å²) in [5.74, 6) is -0.219. The van der Waals surface area contributed by atoms with E-state index in [0.29, 0.717) is 0 Å². The lowest BCUT2D eigenvalue weighted by atomic mass is 9.97. The highest BCUT2D eigenvalue weighted by Gasteiger charge is 2.30. The van der Waals surface area contributed by atoms with Gasteiger partial charge in [-0.1, -0.05) is 99.3 Å². The molecule has 0 spiro atoms. The Hall–Kier alpha value is -3.27. The minimum Gasteiger partial charge on any atom is -0.406 e. The molecule has 0 fully saturated rings. The van der Waals surface area contributed by atoms with Gasteiger partial charge in [0.25, 0.3) is 0 Å². The maximum Gasteiger partial charge on any atom is 0.573 e. The molecule has 4 rings (SSSR count). The topological polar surface area (TPSA) is 9.23 Å². The molecule has 0 bridgehead atoms. The molecular weight excluding hydrogens is 433 g/mol. The summed E-state index contributed by atoms with van der Waals surface area (Å²) in [6.07, 6.45) is 2.91. The van der Waals surface area contributed by atoms with Crippen LogP contribution in [0.25, 0.3) is 33.0 Å². The summed E-state index contributed by atoms with van der Waals surface area (Å²) in [6.45, 7) is 2.24. The second kappa shape index (κ2) is 10.8. The molecule has 0 unspecified atom stereocenters. The second-order valence-electron chi connectivity index (χ2n) is 8.71. The molecule has 0 saturated heterocycles. The number of unbranched alkanes of at least 4 members (excludes halogenated alkanes) is 4.